The van der Waals surface area contributed by atoms with Gasteiger partial charge < -0.3 is 20.1 Å². The Bertz CT molecular complexity index is 907. The third-order valence-corrected chi connectivity index (χ3v) is 4.64. The first kappa shape index (κ1) is 18.5. The van der Waals surface area contributed by atoms with Crippen molar-refractivity contribution in [2.45, 2.75) is 25.9 Å². The number of fused-ring (bicyclic) bond motifs is 1. The van der Waals surface area contributed by atoms with E-state index in [9.17, 15) is 9.59 Å². The van der Waals surface area contributed by atoms with Gasteiger partial charge in [-0.25, -0.2) is 4.79 Å². The number of benzene rings is 1. The number of aromatic nitrogens is 2. The Morgan fingerprint density at radius 1 is 1.27 bits per heavy atom. The number of hydrogen-bond donors (Lipinski definition) is 2. The number of methoxy groups -OCH3 is 1. The Morgan fingerprint density at radius 2 is 1.96 bits per heavy atom. The Morgan fingerprint density at radius 3 is 2.58 bits per heavy atom. The molecule has 0 saturated carbocycles. The van der Waals surface area contributed by atoms with Gasteiger partial charge in [0.25, 0.3) is 5.56 Å². The maximum atomic E-state index is 13.0. The van der Waals surface area contributed by atoms with Crippen LogP contribution < -0.4 is 21.5 Å². The molecule has 0 aliphatic carbocycles. The number of nitrogens with one attached hydrogen (secondary N) is 1. The molecule has 0 spiro atoms. The van der Waals surface area contributed by atoms with Crippen molar-refractivity contribution in [3.63, 3.8) is 0 Å². The van der Waals surface area contributed by atoms with Gasteiger partial charge in [0.15, 0.2) is 0 Å². The first-order valence-electron chi connectivity index (χ1n) is 8.23. The van der Waals surface area contributed by atoms with E-state index in [0.29, 0.717) is 29.5 Å². The van der Waals surface area contributed by atoms with Crippen LogP contribution in [0, 0.1) is 0 Å². The summed E-state index contributed by atoms with van der Waals surface area (Å²) in [4.78, 5) is 27.2. The van der Waals surface area contributed by atoms with Gasteiger partial charge >= 0.3 is 5.69 Å². The first-order valence-corrected chi connectivity index (χ1v) is 8.60. The highest BCUT2D eigenvalue weighted by atomic mass is 35.5. The molecule has 0 radical (unpaired) electrons. The molecule has 1 aromatic heterocycles. The van der Waals surface area contributed by atoms with Gasteiger partial charge in [-0.1, -0.05) is 23.7 Å². The van der Waals surface area contributed by atoms with E-state index in [-0.39, 0.29) is 13.2 Å². The molecular formula is C17H21ClN4O4. The van der Waals surface area contributed by atoms with Crippen LogP contribution in [0.4, 0.5) is 11.5 Å². The lowest BCUT2D eigenvalue weighted by Crippen LogP contribution is -2.42. The molecule has 0 bridgehead atoms. The van der Waals surface area contributed by atoms with Gasteiger partial charge in [-0.3, -0.25) is 13.9 Å². The highest BCUT2D eigenvalue weighted by molar-refractivity contribution is 6.30. The van der Waals surface area contributed by atoms with Crippen LogP contribution in [-0.4, -0.2) is 34.3 Å². The van der Waals surface area contributed by atoms with Gasteiger partial charge in [-0.2, -0.15) is 0 Å². The highest BCUT2D eigenvalue weighted by Gasteiger charge is 2.34. The number of ether oxygens (including phenoxy) is 1. The Kier molecular flexibility index (Phi) is 5.36. The minimum absolute atomic E-state index is 0.0971. The van der Waals surface area contributed by atoms with Gasteiger partial charge in [-0.15, -0.1) is 0 Å². The summed E-state index contributed by atoms with van der Waals surface area (Å²) in [5.41, 5.74) is 0.476. The van der Waals surface area contributed by atoms with Crippen molar-refractivity contribution >= 4 is 23.1 Å². The topological polar surface area (TPSA) is 88.7 Å². The van der Waals surface area contributed by atoms with Gasteiger partial charge in [0.05, 0.1) is 0 Å². The number of aliphatic hydroxyl groups is 1. The lowest BCUT2D eigenvalue weighted by Gasteiger charge is -2.24. The van der Waals surface area contributed by atoms with E-state index in [2.05, 4.69) is 5.32 Å². The van der Waals surface area contributed by atoms with Crippen LogP contribution in [0.1, 0.15) is 12.0 Å². The monoisotopic (exact) mass is 380 g/mol. The summed E-state index contributed by atoms with van der Waals surface area (Å²) >= 11 is 5.94. The molecule has 26 heavy (non-hydrogen) atoms. The third kappa shape index (κ3) is 3.23. The maximum absolute atomic E-state index is 13.0. The number of halogens is 1. The molecule has 140 valence electrons. The largest absolute Gasteiger partial charge is 0.396 e. The molecule has 2 N–H and O–H groups in total. The summed E-state index contributed by atoms with van der Waals surface area (Å²) in [6.07, 6.45) is -0.251. The molecule has 8 nitrogen and oxygen atoms in total. The molecule has 0 fully saturated rings. The van der Waals surface area contributed by atoms with Gasteiger partial charge in [0.1, 0.15) is 11.5 Å². The lowest BCUT2D eigenvalue weighted by atomic mass is 10.2. The summed E-state index contributed by atoms with van der Waals surface area (Å²) in [6, 6.07) is 7.31. The summed E-state index contributed by atoms with van der Waals surface area (Å²) < 4.78 is 7.99. The molecule has 1 unspecified atom stereocenters. The highest BCUT2D eigenvalue weighted by Crippen LogP contribution is 2.31. The van der Waals surface area contributed by atoms with Crippen LogP contribution in [0.3, 0.4) is 0 Å². The van der Waals surface area contributed by atoms with Crippen molar-refractivity contribution in [2.75, 3.05) is 23.9 Å². The molecule has 2 aromatic rings. The third-order valence-electron chi connectivity index (χ3n) is 4.39. The molecule has 0 amide bonds. The summed E-state index contributed by atoms with van der Waals surface area (Å²) in [5, 5.41) is 12.8. The van der Waals surface area contributed by atoms with E-state index >= 15 is 0 Å². The fourth-order valence-electron chi connectivity index (χ4n) is 3.05. The zero-order valence-electron chi connectivity index (χ0n) is 14.6. The zero-order valence-corrected chi connectivity index (χ0v) is 15.4. The van der Waals surface area contributed by atoms with Crippen LogP contribution in [0.25, 0.3) is 0 Å². The fourth-order valence-corrected chi connectivity index (χ4v) is 3.17. The Hall–Kier alpha value is -2.29. The van der Waals surface area contributed by atoms with Gasteiger partial charge in [-0.05, 0) is 24.1 Å². The summed E-state index contributed by atoms with van der Waals surface area (Å²) in [6.45, 7) is 0.463. The number of aliphatic hydroxyl groups excluding tert-OH is 1. The molecule has 1 aliphatic heterocycles. The minimum Gasteiger partial charge on any atom is -0.396 e. The smallest absolute Gasteiger partial charge is 0.332 e. The Labute approximate surface area is 155 Å². The second kappa shape index (κ2) is 7.53. The predicted octanol–water partition coefficient (Wildman–Crippen LogP) is 0.945. The van der Waals surface area contributed by atoms with E-state index in [4.69, 9.17) is 21.4 Å². The fraction of sp³-hybridized carbons (Fsp3) is 0.412. The second-order valence-corrected chi connectivity index (χ2v) is 6.50. The molecule has 1 atom stereocenters. The minimum atomic E-state index is -0.576. The zero-order chi connectivity index (χ0) is 18.8. The van der Waals surface area contributed by atoms with Crippen molar-refractivity contribution in [3.05, 3.63) is 55.7 Å². The van der Waals surface area contributed by atoms with Crippen LogP contribution in [0.5, 0.6) is 0 Å². The van der Waals surface area contributed by atoms with Crippen molar-refractivity contribution in [2.24, 2.45) is 7.05 Å². The van der Waals surface area contributed by atoms with E-state index in [1.165, 1.54) is 11.7 Å². The lowest BCUT2D eigenvalue weighted by molar-refractivity contribution is 0.125. The Balaban J connectivity index is 2.08. The van der Waals surface area contributed by atoms with Crippen molar-refractivity contribution in [1.82, 2.24) is 9.13 Å². The van der Waals surface area contributed by atoms with Crippen molar-refractivity contribution < 1.29 is 9.84 Å². The molecule has 3 rings (SSSR count). The first-order chi connectivity index (χ1) is 12.5. The standard InChI is InChI=1S/C17H21ClN4O4/c1-20-14-13(15(24)21(17(20)25)8-3-9-23)22(16(19-14)26-2)10-11-4-6-12(18)7-5-11/h4-7,16,19,23H,3,8-10H2,1-2H3. The molecule has 9 heteroatoms. The van der Waals surface area contributed by atoms with Crippen LogP contribution in [0.2, 0.25) is 5.02 Å². The number of hydrogen-bond acceptors (Lipinski definition) is 6. The SMILES string of the molecule is COC1Nc2c(c(=O)n(CCCO)c(=O)n2C)N1Cc1ccc(Cl)cc1. The molecule has 1 aliphatic rings. The number of rotatable bonds is 6. The van der Waals surface area contributed by atoms with E-state index in [0.717, 1.165) is 10.1 Å². The molecule has 2 heterocycles. The van der Waals surface area contributed by atoms with E-state index < -0.39 is 17.6 Å². The van der Waals surface area contributed by atoms with Crippen molar-refractivity contribution in [1.29, 1.82) is 0 Å². The molecular weight excluding hydrogens is 360 g/mol. The quantitative estimate of drug-likeness (QED) is 0.775. The molecule has 0 saturated heterocycles. The molecule has 1 aromatic carbocycles. The van der Waals surface area contributed by atoms with Gasteiger partial charge in [0, 0.05) is 38.9 Å². The van der Waals surface area contributed by atoms with E-state index in [1.807, 2.05) is 12.1 Å². The van der Waals surface area contributed by atoms with Crippen LogP contribution in [-0.2, 0) is 24.9 Å². The average molecular weight is 381 g/mol. The normalized spacial score (nSPS) is 15.8. The summed E-state index contributed by atoms with van der Waals surface area (Å²) in [7, 11) is 3.13. The summed E-state index contributed by atoms with van der Waals surface area (Å²) in [5.74, 6) is 0.418. The van der Waals surface area contributed by atoms with Crippen LogP contribution >= 0.6 is 11.6 Å². The van der Waals surface area contributed by atoms with Crippen LogP contribution in [0.15, 0.2) is 33.9 Å². The van der Waals surface area contributed by atoms with Crippen molar-refractivity contribution in [3.8, 4) is 0 Å². The van der Waals surface area contributed by atoms with Gasteiger partial charge in [0.2, 0.25) is 6.35 Å². The maximum Gasteiger partial charge on any atom is 0.332 e. The second-order valence-electron chi connectivity index (χ2n) is 6.06. The number of anilines is 2. The number of nitrogens with zero attached hydrogens (tertiary/aromatic N) is 3. The predicted molar refractivity (Wildman–Crippen MR) is 99.7 cm³/mol. The van der Waals surface area contributed by atoms with E-state index in [1.54, 1.807) is 24.1 Å². The average Bonchev–Trinajstić information content (AvgIpc) is 3.00.